The Hall–Kier alpha value is -1.63. The highest BCUT2D eigenvalue weighted by molar-refractivity contribution is 5.99. The molecule has 72 valence electrons. The molecule has 0 bridgehead atoms. The van der Waals surface area contributed by atoms with Crippen LogP contribution in [-0.4, -0.2) is 5.78 Å². The number of carbonyl (C=O) groups excluding carboxylic acids is 1. The Kier molecular flexibility index (Phi) is 3.86. The molecule has 0 aliphatic heterocycles. The van der Waals surface area contributed by atoms with Crippen LogP contribution >= 0.6 is 0 Å². The number of allylic oxidation sites excluding steroid dienone is 2. The lowest BCUT2D eigenvalue weighted by Crippen LogP contribution is -1.96. The van der Waals surface area contributed by atoms with Crippen LogP contribution in [0.15, 0.2) is 48.6 Å². The zero-order valence-corrected chi connectivity index (χ0v) is 8.36. The van der Waals surface area contributed by atoms with Gasteiger partial charge in [0.05, 0.1) is 0 Å². The average molecular weight is 186 g/mol. The van der Waals surface area contributed by atoms with Crippen molar-refractivity contribution in [1.29, 1.82) is 0 Å². The number of rotatable bonds is 4. The highest BCUT2D eigenvalue weighted by atomic mass is 16.1. The van der Waals surface area contributed by atoms with E-state index in [1.165, 1.54) is 0 Å². The summed E-state index contributed by atoms with van der Waals surface area (Å²) < 4.78 is 0. The standard InChI is InChI=1S/C13H14O/c1-3-7-13(14)11(2)10-12-8-5-4-6-9-12/h3-6,8-10H,1,7H2,2H3/b11-10+. The van der Waals surface area contributed by atoms with Crippen LogP contribution in [0.2, 0.25) is 0 Å². The molecule has 0 saturated carbocycles. The minimum absolute atomic E-state index is 0.129. The lowest BCUT2D eigenvalue weighted by molar-refractivity contribution is -0.114. The molecule has 1 nitrogen and oxygen atoms in total. The Morgan fingerprint density at radius 2 is 2.00 bits per heavy atom. The van der Waals surface area contributed by atoms with Crippen molar-refractivity contribution < 1.29 is 4.79 Å². The van der Waals surface area contributed by atoms with Crippen LogP contribution in [0.5, 0.6) is 0 Å². The maximum Gasteiger partial charge on any atom is 0.162 e. The summed E-state index contributed by atoms with van der Waals surface area (Å²) >= 11 is 0. The molecule has 0 aliphatic carbocycles. The van der Waals surface area contributed by atoms with Crippen molar-refractivity contribution in [3.63, 3.8) is 0 Å². The highest BCUT2D eigenvalue weighted by Crippen LogP contribution is 2.08. The van der Waals surface area contributed by atoms with E-state index in [2.05, 4.69) is 6.58 Å². The molecule has 0 unspecified atom stereocenters. The largest absolute Gasteiger partial charge is 0.294 e. The molecule has 0 radical (unpaired) electrons. The lowest BCUT2D eigenvalue weighted by Gasteiger charge is -1.97. The minimum atomic E-state index is 0.129. The molecule has 14 heavy (non-hydrogen) atoms. The fourth-order valence-electron chi connectivity index (χ4n) is 1.17. The van der Waals surface area contributed by atoms with Gasteiger partial charge >= 0.3 is 0 Å². The van der Waals surface area contributed by atoms with Gasteiger partial charge in [-0.1, -0.05) is 36.4 Å². The molecule has 1 heteroatoms. The second-order valence-corrected chi connectivity index (χ2v) is 3.15. The van der Waals surface area contributed by atoms with Crippen molar-refractivity contribution in [2.75, 3.05) is 0 Å². The zero-order chi connectivity index (χ0) is 10.4. The third kappa shape index (κ3) is 3.02. The summed E-state index contributed by atoms with van der Waals surface area (Å²) in [4.78, 5) is 11.4. The topological polar surface area (TPSA) is 17.1 Å². The molecule has 0 aliphatic rings. The molecule has 0 saturated heterocycles. The van der Waals surface area contributed by atoms with Gasteiger partial charge in [0.25, 0.3) is 0 Å². The van der Waals surface area contributed by atoms with Crippen molar-refractivity contribution in [3.05, 3.63) is 54.1 Å². The third-order valence-electron chi connectivity index (χ3n) is 1.95. The van der Waals surface area contributed by atoms with Crippen LogP contribution < -0.4 is 0 Å². The summed E-state index contributed by atoms with van der Waals surface area (Å²) in [6.07, 6.45) is 3.94. The number of ketones is 1. The van der Waals surface area contributed by atoms with E-state index in [1.54, 1.807) is 6.08 Å². The predicted octanol–water partition coefficient (Wildman–Crippen LogP) is 3.24. The first-order valence-electron chi connectivity index (χ1n) is 4.61. The monoisotopic (exact) mass is 186 g/mol. The maximum atomic E-state index is 11.4. The van der Waals surface area contributed by atoms with Crippen molar-refractivity contribution in [2.24, 2.45) is 0 Å². The van der Waals surface area contributed by atoms with Crippen LogP contribution in [0.4, 0.5) is 0 Å². The third-order valence-corrected chi connectivity index (χ3v) is 1.95. The summed E-state index contributed by atoms with van der Waals surface area (Å²) in [7, 11) is 0. The van der Waals surface area contributed by atoms with E-state index in [9.17, 15) is 4.79 Å². The Morgan fingerprint density at radius 1 is 1.36 bits per heavy atom. The number of benzene rings is 1. The van der Waals surface area contributed by atoms with Gasteiger partial charge in [0.15, 0.2) is 5.78 Å². The van der Waals surface area contributed by atoms with Crippen LogP contribution in [-0.2, 0) is 4.79 Å². The van der Waals surface area contributed by atoms with E-state index in [0.717, 1.165) is 11.1 Å². The van der Waals surface area contributed by atoms with E-state index >= 15 is 0 Å². The van der Waals surface area contributed by atoms with Crippen LogP contribution in [0.1, 0.15) is 18.9 Å². The second-order valence-electron chi connectivity index (χ2n) is 3.15. The fraction of sp³-hybridized carbons (Fsp3) is 0.154. The molecule has 0 heterocycles. The molecular formula is C13H14O. The van der Waals surface area contributed by atoms with E-state index in [0.29, 0.717) is 6.42 Å². The van der Waals surface area contributed by atoms with Gasteiger partial charge in [0.1, 0.15) is 0 Å². The SMILES string of the molecule is C=CCC(=O)/C(C)=C/c1ccccc1. The average Bonchev–Trinajstić information content (AvgIpc) is 2.19. The van der Waals surface area contributed by atoms with Gasteiger partial charge in [-0.2, -0.15) is 0 Å². The molecule has 0 atom stereocenters. The number of Topliss-reactive ketones (excluding diaryl/α,β-unsaturated/α-hetero) is 1. The first kappa shape index (κ1) is 10.5. The molecule has 1 aromatic rings. The first-order chi connectivity index (χ1) is 6.74. The Bertz CT molecular complexity index is 347. The van der Waals surface area contributed by atoms with E-state index in [-0.39, 0.29) is 5.78 Å². The molecule has 1 rings (SSSR count). The summed E-state index contributed by atoms with van der Waals surface area (Å²) in [6, 6.07) is 9.82. The van der Waals surface area contributed by atoms with Crippen molar-refractivity contribution in [3.8, 4) is 0 Å². The van der Waals surface area contributed by atoms with Gasteiger partial charge in [-0.15, -0.1) is 6.58 Å². The summed E-state index contributed by atoms with van der Waals surface area (Å²) in [5.74, 6) is 0.129. The molecule has 0 spiro atoms. The van der Waals surface area contributed by atoms with E-state index in [1.807, 2.05) is 43.3 Å². The molecule has 0 fully saturated rings. The molecule has 1 aromatic carbocycles. The smallest absolute Gasteiger partial charge is 0.162 e. The maximum absolute atomic E-state index is 11.4. The van der Waals surface area contributed by atoms with Crippen molar-refractivity contribution in [2.45, 2.75) is 13.3 Å². The fourth-order valence-corrected chi connectivity index (χ4v) is 1.17. The normalized spacial score (nSPS) is 11.1. The molecule has 0 N–H and O–H groups in total. The van der Waals surface area contributed by atoms with Crippen molar-refractivity contribution >= 4 is 11.9 Å². The molecule has 0 aromatic heterocycles. The minimum Gasteiger partial charge on any atom is -0.294 e. The summed E-state index contributed by atoms with van der Waals surface area (Å²) in [6.45, 7) is 5.37. The summed E-state index contributed by atoms with van der Waals surface area (Å²) in [5, 5.41) is 0. The van der Waals surface area contributed by atoms with Crippen LogP contribution in [0, 0.1) is 0 Å². The molecule has 0 amide bonds. The first-order valence-corrected chi connectivity index (χ1v) is 4.61. The highest BCUT2D eigenvalue weighted by Gasteiger charge is 2.00. The van der Waals surface area contributed by atoms with Gasteiger partial charge in [-0.3, -0.25) is 4.79 Å². The van der Waals surface area contributed by atoms with Gasteiger partial charge in [0.2, 0.25) is 0 Å². The number of carbonyl (C=O) groups is 1. The van der Waals surface area contributed by atoms with E-state index < -0.39 is 0 Å². The van der Waals surface area contributed by atoms with Gasteiger partial charge in [-0.05, 0) is 24.1 Å². The Labute approximate surface area is 84.8 Å². The van der Waals surface area contributed by atoms with Crippen LogP contribution in [0.3, 0.4) is 0 Å². The van der Waals surface area contributed by atoms with Gasteiger partial charge in [0, 0.05) is 6.42 Å². The zero-order valence-electron chi connectivity index (χ0n) is 8.36. The second kappa shape index (κ2) is 5.18. The van der Waals surface area contributed by atoms with Crippen molar-refractivity contribution in [1.82, 2.24) is 0 Å². The summed E-state index contributed by atoms with van der Waals surface area (Å²) in [5.41, 5.74) is 1.83. The predicted molar refractivity (Wildman–Crippen MR) is 59.9 cm³/mol. The molecular weight excluding hydrogens is 172 g/mol. The lowest BCUT2D eigenvalue weighted by atomic mass is 10.1. The van der Waals surface area contributed by atoms with Gasteiger partial charge < -0.3 is 0 Å². The Morgan fingerprint density at radius 3 is 2.57 bits per heavy atom. The van der Waals surface area contributed by atoms with Crippen LogP contribution in [0.25, 0.3) is 6.08 Å². The quantitative estimate of drug-likeness (QED) is 0.521. The number of hydrogen-bond acceptors (Lipinski definition) is 1. The van der Waals surface area contributed by atoms with Gasteiger partial charge in [-0.25, -0.2) is 0 Å². The number of hydrogen-bond donors (Lipinski definition) is 0. The Balaban J connectivity index is 2.78. The van der Waals surface area contributed by atoms with E-state index in [4.69, 9.17) is 0 Å².